The fourth-order valence-electron chi connectivity index (χ4n) is 3.64. The van der Waals surface area contributed by atoms with Gasteiger partial charge < -0.3 is 0 Å². The molecule has 1 saturated heterocycles. The van der Waals surface area contributed by atoms with Gasteiger partial charge in [-0.05, 0) is 65.8 Å². The van der Waals surface area contributed by atoms with E-state index in [-0.39, 0.29) is 0 Å². The molecule has 1 aliphatic carbocycles. The maximum Gasteiger partial charge on any atom is 0.0349 e. The fourth-order valence-corrected chi connectivity index (χ4v) is 3.81. The molecule has 3 heteroatoms. The van der Waals surface area contributed by atoms with Gasteiger partial charge in [0.15, 0.2) is 0 Å². The van der Waals surface area contributed by atoms with Crippen LogP contribution in [0.1, 0.15) is 35.1 Å². The molecule has 0 N–H and O–H groups in total. The Kier molecular flexibility index (Phi) is 3.73. The maximum atomic E-state index is 6.15. The third-order valence-corrected chi connectivity index (χ3v) is 5.14. The van der Waals surface area contributed by atoms with Crippen molar-refractivity contribution < 1.29 is 0 Å². The molecule has 1 aliphatic heterocycles. The van der Waals surface area contributed by atoms with E-state index < -0.39 is 0 Å². The minimum atomic E-state index is 0.929. The second kappa shape index (κ2) is 5.86. The Morgan fingerprint density at radius 2 is 1.59 bits per heavy atom. The first-order valence-corrected chi connectivity index (χ1v) is 8.31. The van der Waals surface area contributed by atoms with Gasteiger partial charge in [-0.15, -0.1) is 0 Å². The molecule has 2 nitrogen and oxygen atoms in total. The van der Waals surface area contributed by atoms with E-state index in [1.165, 1.54) is 33.4 Å². The van der Waals surface area contributed by atoms with Gasteiger partial charge in [-0.3, -0.25) is 4.98 Å². The highest BCUT2D eigenvalue weighted by atomic mass is 35.5. The number of piperidine rings is 1. The van der Waals surface area contributed by atoms with E-state index in [4.69, 9.17) is 11.8 Å². The molecule has 1 aromatic heterocycles. The van der Waals surface area contributed by atoms with Crippen molar-refractivity contribution in [2.24, 2.45) is 0 Å². The number of aryl methyl sites for hydroxylation is 2. The van der Waals surface area contributed by atoms with Crippen molar-refractivity contribution in [1.82, 2.24) is 9.40 Å². The van der Waals surface area contributed by atoms with Gasteiger partial charge in [-0.1, -0.05) is 29.8 Å². The van der Waals surface area contributed by atoms with Crippen molar-refractivity contribution in [3.05, 3.63) is 70.6 Å². The summed E-state index contributed by atoms with van der Waals surface area (Å²) in [5, 5.41) is 0. The number of pyridine rings is 1. The van der Waals surface area contributed by atoms with Crippen LogP contribution in [0, 0.1) is 0 Å². The minimum absolute atomic E-state index is 0.929. The van der Waals surface area contributed by atoms with Gasteiger partial charge in [0.2, 0.25) is 0 Å². The number of aromatic nitrogens is 1. The average molecular weight is 311 g/mol. The van der Waals surface area contributed by atoms with Gasteiger partial charge in [0.05, 0.1) is 0 Å². The summed E-state index contributed by atoms with van der Waals surface area (Å²) in [5.41, 5.74) is 8.54. The summed E-state index contributed by atoms with van der Waals surface area (Å²) in [7, 11) is 0. The molecule has 1 aromatic carbocycles. The lowest BCUT2D eigenvalue weighted by Crippen LogP contribution is -2.22. The zero-order valence-corrected chi connectivity index (χ0v) is 13.3. The third-order valence-electron chi connectivity index (χ3n) is 4.80. The van der Waals surface area contributed by atoms with E-state index in [9.17, 15) is 0 Å². The number of nitrogens with zero attached hydrogens (tertiary/aromatic N) is 2. The Morgan fingerprint density at radius 3 is 2.41 bits per heavy atom. The van der Waals surface area contributed by atoms with Crippen LogP contribution < -0.4 is 0 Å². The number of hydrogen-bond acceptors (Lipinski definition) is 2. The van der Waals surface area contributed by atoms with Gasteiger partial charge in [-0.25, -0.2) is 4.42 Å². The molecule has 2 aromatic rings. The van der Waals surface area contributed by atoms with Gasteiger partial charge in [0.25, 0.3) is 0 Å². The second-order valence-corrected chi connectivity index (χ2v) is 6.56. The van der Waals surface area contributed by atoms with Crippen LogP contribution in [0.5, 0.6) is 0 Å². The first-order chi connectivity index (χ1) is 10.8. The van der Waals surface area contributed by atoms with Crippen molar-refractivity contribution in [3.63, 3.8) is 0 Å². The highest BCUT2D eigenvalue weighted by Gasteiger charge is 2.23. The first-order valence-electron chi connectivity index (χ1n) is 7.97. The zero-order valence-electron chi connectivity index (χ0n) is 12.6. The molecule has 2 aliphatic rings. The Bertz CT molecular complexity index is 676. The summed E-state index contributed by atoms with van der Waals surface area (Å²) in [4.78, 5) is 4.40. The molecule has 0 unspecified atom stereocenters. The quantitative estimate of drug-likeness (QED) is 0.677. The lowest BCUT2D eigenvalue weighted by atomic mass is 9.87. The Morgan fingerprint density at radius 1 is 0.864 bits per heavy atom. The zero-order chi connectivity index (χ0) is 14.9. The highest BCUT2D eigenvalue weighted by molar-refractivity contribution is 6.13. The number of hydrogen-bond donors (Lipinski definition) is 0. The summed E-state index contributed by atoms with van der Waals surface area (Å²) in [5.74, 6) is 0. The van der Waals surface area contributed by atoms with E-state index in [2.05, 4.69) is 35.3 Å². The lowest BCUT2D eigenvalue weighted by molar-refractivity contribution is 0.421. The standard InChI is InChI=1S/C19H19ClN2/c20-22-11-8-16(9-12-22)19-17-4-2-1-3-14(17)5-6-15-7-10-21-13-18(15)19/h1-4,7,10,13H,5-6,8-9,11-12H2. The summed E-state index contributed by atoms with van der Waals surface area (Å²) in [6, 6.07) is 11.0. The van der Waals surface area contributed by atoms with Gasteiger partial charge in [0, 0.05) is 31.0 Å². The predicted molar refractivity (Wildman–Crippen MR) is 90.8 cm³/mol. The van der Waals surface area contributed by atoms with Crippen LogP contribution >= 0.6 is 11.8 Å². The van der Waals surface area contributed by atoms with E-state index in [0.29, 0.717) is 0 Å². The summed E-state index contributed by atoms with van der Waals surface area (Å²) < 4.78 is 1.90. The molecule has 112 valence electrons. The van der Waals surface area contributed by atoms with E-state index >= 15 is 0 Å². The van der Waals surface area contributed by atoms with Gasteiger partial charge in [0.1, 0.15) is 0 Å². The van der Waals surface area contributed by atoms with E-state index in [1.54, 1.807) is 0 Å². The van der Waals surface area contributed by atoms with Crippen LogP contribution in [0.3, 0.4) is 0 Å². The molecule has 1 fully saturated rings. The second-order valence-electron chi connectivity index (χ2n) is 6.08. The van der Waals surface area contributed by atoms with Crippen molar-refractivity contribution >= 4 is 17.3 Å². The number of benzene rings is 1. The number of rotatable bonds is 0. The summed E-state index contributed by atoms with van der Waals surface area (Å²) in [6.45, 7) is 1.86. The lowest BCUT2D eigenvalue weighted by Gasteiger charge is -2.25. The largest absolute Gasteiger partial charge is 0.264 e. The molecule has 0 atom stereocenters. The SMILES string of the molecule is ClN1CCC(=C2c3ccccc3CCc3ccncc32)CC1. The molecular weight excluding hydrogens is 292 g/mol. The Labute approximate surface area is 136 Å². The van der Waals surface area contributed by atoms with Crippen LogP contribution in [0.2, 0.25) is 0 Å². The van der Waals surface area contributed by atoms with Crippen LogP contribution in [-0.2, 0) is 12.8 Å². The third kappa shape index (κ3) is 2.47. The van der Waals surface area contributed by atoms with E-state index in [1.807, 2.05) is 16.8 Å². The molecule has 0 saturated carbocycles. The van der Waals surface area contributed by atoms with Crippen LogP contribution in [-0.4, -0.2) is 22.5 Å². The Balaban J connectivity index is 1.93. The van der Waals surface area contributed by atoms with Crippen molar-refractivity contribution in [1.29, 1.82) is 0 Å². The molecule has 0 radical (unpaired) electrons. The first kappa shape index (κ1) is 14.0. The smallest absolute Gasteiger partial charge is 0.0349 e. The van der Waals surface area contributed by atoms with Crippen LogP contribution in [0.25, 0.3) is 5.57 Å². The average Bonchev–Trinajstić information content (AvgIpc) is 2.73. The molecular formula is C19H19ClN2. The molecule has 0 amide bonds. The minimum Gasteiger partial charge on any atom is -0.264 e. The van der Waals surface area contributed by atoms with Crippen molar-refractivity contribution in [2.45, 2.75) is 25.7 Å². The normalized spacial score (nSPS) is 18.6. The highest BCUT2D eigenvalue weighted by Crippen LogP contribution is 2.38. The Hall–Kier alpha value is -1.64. The van der Waals surface area contributed by atoms with Crippen molar-refractivity contribution in [2.75, 3.05) is 13.1 Å². The molecule has 0 bridgehead atoms. The van der Waals surface area contributed by atoms with E-state index in [0.717, 1.165) is 38.8 Å². The van der Waals surface area contributed by atoms with Crippen molar-refractivity contribution in [3.8, 4) is 0 Å². The topological polar surface area (TPSA) is 16.1 Å². The molecule has 4 rings (SSSR count). The molecule has 0 spiro atoms. The number of fused-ring (bicyclic) bond motifs is 2. The van der Waals surface area contributed by atoms with Crippen LogP contribution in [0.4, 0.5) is 0 Å². The summed E-state index contributed by atoms with van der Waals surface area (Å²) in [6.07, 6.45) is 8.24. The summed E-state index contributed by atoms with van der Waals surface area (Å²) >= 11 is 6.15. The maximum absolute atomic E-state index is 6.15. The monoisotopic (exact) mass is 310 g/mol. The fraction of sp³-hybridized carbons (Fsp3) is 0.316. The molecule has 2 heterocycles. The number of halogens is 1. The van der Waals surface area contributed by atoms with Crippen LogP contribution in [0.15, 0.2) is 48.3 Å². The predicted octanol–water partition coefficient (Wildman–Crippen LogP) is 4.23. The molecule has 22 heavy (non-hydrogen) atoms. The van der Waals surface area contributed by atoms with Gasteiger partial charge in [-0.2, -0.15) is 0 Å². The van der Waals surface area contributed by atoms with Gasteiger partial charge >= 0.3 is 0 Å².